The third-order valence-corrected chi connectivity index (χ3v) is 5.58. The van der Waals surface area contributed by atoms with E-state index in [0.717, 1.165) is 10.7 Å². The Morgan fingerprint density at radius 2 is 2.12 bits per heavy atom. The van der Waals surface area contributed by atoms with E-state index < -0.39 is 0 Å². The Labute approximate surface area is 162 Å². The van der Waals surface area contributed by atoms with E-state index in [2.05, 4.69) is 29.3 Å². The molecule has 5 nitrogen and oxygen atoms in total. The van der Waals surface area contributed by atoms with Crippen LogP contribution in [0.5, 0.6) is 0 Å². The third-order valence-electron chi connectivity index (χ3n) is 4.41. The summed E-state index contributed by atoms with van der Waals surface area (Å²) >= 11 is 6.95. The molecule has 3 aromatic rings. The molecule has 1 amide bonds. The maximum absolute atomic E-state index is 12.7. The van der Waals surface area contributed by atoms with Crippen LogP contribution in [0.25, 0.3) is 10.7 Å². The molecule has 0 atom stereocenters. The predicted molar refractivity (Wildman–Crippen MR) is 108 cm³/mol. The molecule has 7 heteroatoms. The summed E-state index contributed by atoms with van der Waals surface area (Å²) in [7, 11) is 0. The van der Waals surface area contributed by atoms with E-state index in [1.807, 2.05) is 46.0 Å². The van der Waals surface area contributed by atoms with E-state index in [9.17, 15) is 4.79 Å². The fourth-order valence-corrected chi connectivity index (χ4v) is 3.80. The van der Waals surface area contributed by atoms with E-state index in [-0.39, 0.29) is 5.91 Å². The predicted octanol–water partition coefficient (Wildman–Crippen LogP) is 4.42. The molecule has 0 spiro atoms. The summed E-state index contributed by atoms with van der Waals surface area (Å²) in [4.78, 5) is 15.7. The molecular weight excluding hydrogens is 364 g/mol. The molecule has 0 aliphatic carbocycles. The Balaban J connectivity index is 1.69. The van der Waals surface area contributed by atoms with Crippen LogP contribution in [0.2, 0.25) is 0 Å². The molecule has 0 saturated heterocycles. The fourth-order valence-electron chi connectivity index (χ4n) is 2.85. The number of amides is 1. The number of hydrogen-bond donors (Lipinski definition) is 1. The average Bonchev–Trinajstić information content (AvgIpc) is 3.28. The van der Waals surface area contributed by atoms with Crippen LogP contribution < -0.4 is 0 Å². The number of rotatable bonds is 7. The number of aromatic amines is 1. The maximum atomic E-state index is 12.7. The average molecular weight is 387 g/mol. The van der Waals surface area contributed by atoms with Gasteiger partial charge in [0.1, 0.15) is 0 Å². The van der Waals surface area contributed by atoms with Crippen molar-refractivity contribution in [1.82, 2.24) is 19.7 Å². The highest BCUT2D eigenvalue weighted by atomic mass is 32.1. The van der Waals surface area contributed by atoms with Crippen molar-refractivity contribution in [2.45, 2.75) is 33.4 Å². The summed E-state index contributed by atoms with van der Waals surface area (Å²) < 4.78 is 2.45. The van der Waals surface area contributed by atoms with Crippen LogP contribution in [0.15, 0.2) is 41.8 Å². The zero-order chi connectivity index (χ0) is 18.5. The molecule has 0 bridgehead atoms. The topological polar surface area (TPSA) is 53.9 Å². The van der Waals surface area contributed by atoms with Crippen LogP contribution >= 0.6 is 23.6 Å². The lowest BCUT2D eigenvalue weighted by atomic mass is 10.1. The van der Waals surface area contributed by atoms with Gasteiger partial charge < -0.3 is 4.90 Å². The summed E-state index contributed by atoms with van der Waals surface area (Å²) in [5.41, 5.74) is 2.39. The molecule has 1 N–H and O–H groups in total. The third kappa shape index (κ3) is 4.11. The first-order valence-electron chi connectivity index (χ1n) is 8.61. The Bertz CT molecular complexity index is 927. The quantitative estimate of drug-likeness (QED) is 0.612. The molecule has 0 unspecified atom stereocenters. The molecular formula is C19H22N4OS2. The van der Waals surface area contributed by atoms with Gasteiger partial charge in [0, 0.05) is 26.1 Å². The molecule has 2 aromatic heterocycles. The van der Waals surface area contributed by atoms with Crippen molar-refractivity contribution < 1.29 is 4.79 Å². The van der Waals surface area contributed by atoms with Crippen molar-refractivity contribution in [3.05, 3.63) is 57.7 Å². The number of benzene rings is 1. The normalized spacial score (nSPS) is 10.8. The van der Waals surface area contributed by atoms with Gasteiger partial charge >= 0.3 is 0 Å². The second-order valence-corrected chi connectivity index (χ2v) is 7.40. The van der Waals surface area contributed by atoms with Crippen LogP contribution in [-0.2, 0) is 17.9 Å². The van der Waals surface area contributed by atoms with Gasteiger partial charge in [-0.3, -0.25) is 14.5 Å². The Morgan fingerprint density at radius 1 is 1.31 bits per heavy atom. The van der Waals surface area contributed by atoms with Gasteiger partial charge in [-0.15, -0.1) is 11.3 Å². The number of carbonyl (C=O) groups excluding carboxylic acids is 1. The largest absolute Gasteiger partial charge is 0.339 e. The first-order valence-corrected chi connectivity index (χ1v) is 9.90. The van der Waals surface area contributed by atoms with Crippen molar-refractivity contribution >= 4 is 29.5 Å². The number of nitrogens with one attached hydrogen (secondary N) is 1. The van der Waals surface area contributed by atoms with E-state index in [4.69, 9.17) is 12.2 Å². The summed E-state index contributed by atoms with van der Waals surface area (Å²) in [6.45, 7) is 5.92. The SMILES string of the molecule is CCN(Cc1ccccc1C)C(=O)CCn1c(-c2cccs2)n[nH]c1=S. The Kier molecular flexibility index (Phi) is 6.00. The first kappa shape index (κ1) is 18.5. The minimum Gasteiger partial charge on any atom is -0.339 e. The van der Waals surface area contributed by atoms with Gasteiger partial charge in [0.05, 0.1) is 4.88 Å². The van der Waals surface area contributed by atoms with Crippen LogP contribution in [0.4, 0.5) is 0 Å². The highest BCUT2D eigenvalue weighted by Gasteiger charge is 2.16. The number of H-pyrrole nitrogens is 1. The van der Waals surface area contributed by atoms with Gasteiger partial charge in [-0.25, -0.2) is 0 Å². The van der Waals surface area contributed by atoms with Gasteiger partial charge in [0.2, 0.25) is 5.91 Å². The number of thiophene rings is 1. The van der Waals surface area contributed by atoms with Gasteiger partial charge in [-0.1, -0.05) is 30.3 Å². The summed E-state index contributed by atoms with van der Waals surface area (Å²) in [6.07, 6.45) is 0.395. The molecule has 26 heavy (non-hydrogen) atoms. The molecule has 0 radical (unpaired) electrons. The van der Waals surface area contributed by atoms with E-state index >= 15 is 0 Å². The minimum absolute atomic E-state index is 0.121. The van der Waals surface area contributed by atoms with Crippen molar-refractivity contribution in [3.8, 4) is 10.7 Å². The fraction of sp³-hybridized carbons (Fsp3) is 0.316. The first-order chi connectivity index (χ1) is 12.6. The lowest BCUT2D eigenvalue weighted by Gasteiger charge is -2.22. The lowest BCUT2D eigenvalue weighted by molar-refractivity contribution is -0.131. The number of nitrogens with zero attached hydrogens (tertiary/aromatic N) is 3. The number of hydrogen-bond acceptors (Lipinski definition) is 4. The smallest absolute Gasteiger partial charge is 0.224 e. The maximum Gasteiger partial charge on any atom is 0.224 e. The second-order valence-electron chi connectivity index (χ2n) is 6.07. The van der Waals surface area contributed by atoms with Crippen LogP contribution in [0.1, 0.15) is 24.5 Å². The minimum atomic E-state index is 0.121. The van der Waals surface area contributed by atoms with Crippen molar-refractivity contribution in [2.75, 3.05) is 6.54 Å². The number of aryl methyl sites for hydroxylation is 1. The molecule has 136 valence electrons. The summed E-state index contributed by atoms with van der Waals surface area (Å²) in [5.74, 6) is 0.913. The number of carbonyl (C=O) groups is 1. The molecule has 2 heterocycles. The van der Waals surface area contributed by atoms with Gasteiger partial charge in [0.25, 0.3) is 0 Å². The molecule has 0 saturated carbocycles. The highest BCUT2D eigenvalue weighted by molar-refractivity contribution is 7.71. The van der Waals surface area contributed by atoms with E-state index in [1.54, 1.807) is 11.3 Å². The highest BCUT2D eigenvalue weighted by Crippen LogP contribution is 2.23. The molecule has 0 aliphatic heterocycles. The van der Waals surface area contributed by atoms with Gasteiger partial charge in [-0.05, 0) is 48.6 Å². The van der Waals surface area contributed by atoms with Gasteiger partial charge in [0.15, 0.2) is 10.6 Å². The summed E-state index contributed by atoms with van der Waals surface area (Å²) in [5, 5.41) is 9.15. The Morgan fingerprint density at radius 3 is 2.81 bits per heavy atom. The zero-order valence-electron chi connectivity index (χ0n) is 14.9. The van der Waals surface area contributed by atoms with Crippen molar-refractivity contribution in [3.63, 3.8) is 0 Å². The van der Waals surface area contributed by atoms with Crippen LogP contribution in [0.3, 0.4) is 0 Å². The van der Waals surface area contributed by atoms with Crippen molar-refractivity contribution in [1.29, 1.82) is 0 Å². The summed E-state index contributed by atoms with van der Waals surface area (Å²) in [6, 6.07) is 12.2. The van der Waals surface area contributed by atoms with Gasteiger partial charge in [-0.2, -0.15) is 5.10 Å². The zero-order valence-corrected chi connectivity index (χ0v) is 16.6. The van der Waals surface area contributed by atoms with Crippen LogP contribution in [0, 0.1) is 11.7 Å². The second kappa shape index (κ2) is 8.42. The van der Waals surface area contributed by atoms with E-state index in [1.165, 1.54) is 11.1 Å². The standard InChI is InChI=1S/C19H22N4OS2/c1-3-22(13-15-8-5-4-7-14(15)2)17(24)10-11-23-18(20-21-19(23)25)16-9-6-12-26-16/h4-9,12H,3,10-11,13H2,1-2H3,(H,21,25). The van der Waals surface area contributed by atoms with Crippen LogP contribution in [-0.4, -0.2) is 32.1 Å². The van der Waals surface area contributed by atoms with E-state index in [0.29, 0.717) is 30.8 Å². The molecule has 3 rings (SSSR count). The molecule has 0 aliphatic rings. The lowest BCUT2D eigenvalue weighted by Crippen LogP contribution is -2.31. The van der Waals surface area contributed by atoms with Crippen molar-refractivity contribution in [2.24, 2.45) is 0 Å². The Hall–Kier alpha value is -2.25. The molecule has 1 aromatic carbocycles. The number of aromatic nitrogens is 3. The monoisotopic (exact) mass is 386 g/mol. The molecule has 0 fully saturated rings.